The van der Waals surface area contributed by atoms with Crippen molar-refractivity contribution in [3.05, 3.63) is 35.9 Å². The van der Waals surface area contributed by atoms with Crippen LogP contribution < -0.4 is 5.73 Å². The number of hydrogen-bond donors (Lipinski definition) is 1. The number of benzene rings is 1. The number of nitrogens with two attached hydrogens (primary N) is 1. The lowest BCUT2D eigenvalue weighted by atomic mass is 9.74. The van der Waals surface area contributed by atoms with Crippen molar-refractivity contribution >= 4 is 0 Å². The van der Waals surface area contributed by atoms with Gasteiger partial charge in [0, 0.05) is 18.6 Å². The molecule has 2 heteroatoms. The van der Waals surface area contributed by atoms with Gasteiger partial charge in [0.25, 0.3) is 0 Å². The molecule has 2 aliphatic rings. The van der Waals surface area contributed by atoms with E-state index in [4.69, 9.17) is 5.73 Å². The van der Waals surface area contributed by atoms with E-state index >= 15 is 0 Å². The van der Waals surface area contributed by atoms with E-state index < -0.39 is 0 Å². The van der Waals surface area contributed by atoms with Crippen LogP contribution in [0, 0.1) is 11.8 Å². The van der Waals surface area contributed by atoms with Crippen LogP contribution in [0.25, 0.3) is 0 Å². The summed E-state index contributed by atoms with van der Waals surface area (Å²) in [6.07, 6.45) is 8.35. The highest BCUT2D eigenvalue weighted by Crippen LogP contribution is 2.37. The van der Waals surface area contributed by atoms with E-state index in [1.165, 1.54) is 50.8 Å². The number of nitrogens with zero attached hydrogens (tertiary/aromatic N) is 1. The fourth-order valence-corrected chi connectivity index (χ4v) is 4.57. The Balaban J connectivity index is 1.68. The Morgan fingerprint density at radius 1 is 1.10 bits per heavy atom. The highest BCUT2D eigenvalue weighted by Gasteiger charge is 2.35. The zero-order valence-electron chi connectivity index (χ0n) is 13.4. The molecule has 4 unspecified atom stereocenters. The van der Waals surface area contributed by atoms with E-state index in [9.17, 15) is 0 Å². The molecule has 1 saturated carbocycles. The van der Waals surface area contributed by atoms with Gasteiger partial charge in [-0.15, -0.1) is 0 Å². The second-order valence-corrected chi connectivity index (χ2v) is 7.00. The van der Waals surface area contributed by atoms with Gasteiger partial charge in [-0.25, -0.2) is 0 Å². The zero-order chi connectivity index (χ0) is 14.7. The molecule has 1 saturated heterocycles. The van der Waals surface area contributed by atoms with Gasteiger partial charge in [0.1, 0.15) is 0 Å². The van der Waals surface area contributed by atoms with Gasteiger partial charge >= 0.3 is 0 Å². The Bertz CT molecular complexity index is 430. The molecule has 3 rings (SSSR count). The van der Waals surface area contributed by atoms with Gasteiger partial charge < -0.3 is 5.73 Å². The van der Waals surface area contributed by atoms with E-state index in [-0.39, 0.29) is 6.04 Å². The molecule has 0 bridgehead atoms. The maximum atomic E-state index is 6.61. The van der Waals surface area contributed by atoms with Crippen molar-refractivity contribution in [2.45, 2.75) is 57.5 Å². The lowest BCUT2D eigenvalue weighted by Gasteiger charge is -2.45. The standard InChI is InChI=1S/C19H30N2/c1-2-18(19(20)16-9-4-3-5-10-16)21-13-12-15-8-6-7-11-17(15)14-21/h3-5,9-10,15,17-19H,2,6-8,11-14,20H2,1H3. The van der Waals surface area contributed by atoms with Crippen LogP contribution in [0.2, 0.25) is 0 Å². The molecule has 2 nitrogen and oxygen atoms in total. The summed E-state index contributed by atoms with van der Waals surface area (Å²) in [6.45, 7) is 4.82. The second-order valence-electron chi connectivity index (χ2n) is 7.00. The Hall–Kier alpha value is -0.860. The minimum Gasteiger partial charge on any atom is -0.323 e. The predicted molar refractivity (Wildman–Crippen MR) is 89.1 cm³/mol. The van der Waals surface area contributed by atoms with Crippen molar-refractivity contribution in [2.24, 2.45) is 17.6 Å². The summed E-state index contributed by atoms with van der Waals surface area (Å²) in [5, 5.41) is 0. The molecule has 21 heavy (non-hydrogen) atoms. The molecule has 0 spiro atoms. The van der Waals surface area contributed by atoms with Gasteiger partial charge in [0.15, 0.2) is 0 Å². The summed E-state index contributed by atoms with van der Waals surface area (Å²) in [5.41, 5.74) is 7.89. The Morgan fingerprint density at radius 3 is 2.52 bits per heavy atom. The molecule has 1 aliphatic heterocycles. The summed E-state index contributed by atoms with van der Waals surface area (Å²) in [5.74, 6) is 1.94. The van der Waals surface area contributed by atoms with Crippen molar-refractivity contribution in [2.75, 3.05) is 13.1 Å². The largest absolute Gasteiger partial charge is 0.323 e. The van der Waals surface area contributed by atoms with Gasteiger partial charge in [-0.05, 0) is 43.2 Å². The third-order valence-electron chi connectivity index (χ3n) is 5.81. The van der Waals surface area contributed by atoms with E-state index in [0.29, 0.717) is 6.04 Å². The van der Waals surface area contributed by atoms with Gasteiger partial charge in [0.05, 0.1) is 0 Å². The first-order valence-corrected chi connectivity index (χ1v) is 8.84. The van der Waals surface area contributed by atoms with Crippen molar-refractivity contribution in [3.8, 4) is 0 Å². The zero-order valence-corrected chi connectivity index (χ0v) is 13.4. The first kappa shape index (κ1) is 15.1. The highest BCUT2D eigenvalue weighted by atomic mass is 15.2. The maximum Gasteiger partial charge on any atom is 0.0453 e. The van der Waals surface area contributed by atoms with Crippen LogP contribution in [0.3, 0.4) is 0 Å². The van der Waals surface area contributed by atoms with E-state index in [1.807, 2.05) is 0 Å². The molecule has 0 amide bonds. The Morgan fingerprint density at radius 2 is 1.81 bits per heavy atom. The van der Waals surface area contributed by atoms with Gasteiger partial charge in [-0.1, -0.05) is 56.5 Å². The lowest BCUT2D eigenvalue weighted by molar-refractivity contribution is 0.0465. The molecular formula is C19H30N2. The van der Waals surface area contributed by atoms with Crippen LogP contribution in [-0.4, -0.2) is 24.0 Å². The summed E-state index contributed by atoms with van der Waals surface area (Å²) < 4.78 is 0. The van der Waals surface area contributed by atoms with Gasteiger partial charge in [-0.3, -0.25) is 4.90 Å². The monoisotopic (exact) mass is 286 g/mol. The predicted octanol–water partition coefficient (Wildman–Crippen LogP) is 3.98. The summed E-state index contributed by atoms with van der Waals surface area (Å²) in [6, 6.07) is 11.3. The smallest absolute Gasteiger partial charge is 0.0453 e. The maximum absolute atomic E-state index is 6.61. The minimum atomic E-state index is 0.149. The van der Waals surface area contributed by atoms with Crippen LogP contribution in [0.4, 0.5) is 0 Å². The summed E-state index contributed by atoms with van der Waals surface area (Å²) in [7, 11) is 0. The number of piperidine rings is 1. The summed E-state index contributed by atoms with van der Waals surface area (Å²) >= 11 is 0. The molecule has 1 aromatic rings. The van der Waals surface area contributed by atoms with Gasteiger partial charge in [-0.2, -0.15) is 0 Å². The van der Waals surface area contributed by atoms with E-state index in [0.717, 1.165) is 18.3 Å². The van der Waals surface area contributed by atoms with Crippen LogP contribution in [0.15, 0.2) is 30.3 Å². The van der Waals surface area contributed by atoms with Crippen LogP contribution in [0.5, 0.6) is 0 Å². The molecule has 1 aliphatic carbocycles. The molecule has 4 atom stereocenters. The molecule has 2 fully saturated rings. The molecule has 116 valence electrons. The number of rotatable bonds is 4. The molecule has 1 aromatic carbocycles. The third-order valence-corrected chi connectivity index (χ3v) is 5.81. The normalized spacial score (nSPS) is 29.6. The molecule has 2 N–H and O–H groups in total. The number of hydrogen-bond acceptors (Lipinski definition) is 2. The quantitative estimate of drug-likeness (QED) is 0.907. The topological polar surface area (TPSA) is 29.3 Å². The minimum absolute atomic E-state index is 0.149. The van der Waals surface area contributed by atoms with Crippen molar-refractivity contribution in [3.63, 3.8) is 0 Å². The SMILES string of the molecule is CCC(C(N)c1ccccc1)N1CCC2CCCCC2C1. The highest BCUT2D eigenvalue weighted by molar-refractivity contribution is 5.20. The van der Waals surface area contributed by atoms with E-state index in [1.54, 1.807) is 0 Å². The molecule has 0 aromatic heterocycles. The second kappa shape index (κ2) is 6.93. The van der Waals surface area contributed by atoms with E-state index in [2.05, 4.69) is 42.2 Å². The Kier molecular flexibility index (Phi) is 4.97. The van der Waals surface area contributed by atoms with Crippen molar-refractivity contribution < 1.29 is 0 Å². The average Bonchev–Trinajstić information content (AvgIpc) is 2.56. The fourth-order valence-electron chi connectivity index (χ4n) is 4.57. The molecule has 1 heterocycles. The van der Waals surface area contributed by atoms with Crippen LogP contribution >= 0.6 is 0 Å². The third kappa shape index (κ3) is 3.32. The van der Waals surface area contributed by atoms with Crippen LogP contribution in [0.1, 0.15) is 57.1 Å². The molecule has 0 radical (unpaired) electrons. The van der Waals surface area contributed by atoms with Crippen LogP contribution in [-0.2, 0) is 0 Å². The Labute approximate surface area is 129 Å². The number of likely N-dealkylation sites (tertiary alicyclic amines) is 1. The first-order chi connectivity index (χ1) is 10.3. The van der Waals surface area contributed by atoms with Crippen molar-refractivity contribution in [1.29, 1.82) is 0 Å². The lowest BCUT2D eigenvalue weighted by Crippen LogP contribution is -2.50. The first-order valence-electron chi connectivity index (χ1n) is 8.84. The van der Waals surface area contributed by atoms with Gasteiger partial charge in [0.2, 0.25) is 0 Å². The molecular weight excluding hydrogens is 256 g/mol. The van der Waals surface area contributed by atoms with Crippen molar-refractivity contribution in [1.82, 2.24) is 4.90 Å². The average molecular weight is 286 g/mol. The fraction of sp³-hybridized carbons (Fsp3) is 0.684. The summed E-state index contributed by atoms with van der Waals surface area (Å²) in [4.78, 5) is 2.70. The number of fused-ring (bicyclic) bond motifs is 1.